The summed E-state index contributed by atoms with van der Waals surface area (Å²) in [6.45, 7) is 9.33. The Morgan fingerprint density at radius 2 is 1.94 bits per heavy atom. The van der Waals surface area contributed by atoms with Crippen molar-refractivity contribution in [3.8, 4) is 11.3 Å². The molecule has 3 aromatic heterocycles. The van der Waals surface area contributed by atoms with Crippen molar-refractivity contribution in [3.05, 3.63) is 64.2 Å². The molecule has 0 radical (unpaired) electrons. The maximum atomic E-state index is 13.2. The van der Waals surface area contributed by atoms with Crippen LogP contribution in [-0.2, 0) is 4.79 Å². The lowest BCUT2D eigenvalue weighted by molar-refractivity contribution is -0.115. The van der Waals surface area contributed by atoms with Crippen LogP contribution in [0.3, 0.4) is 0 Å². The van der Waals surface area contributed by atoms with Gasteiger partial charge >= 0.3 is 0 Å². The number of benzene rings is 1. The molecule has 0 atom stereocenters. The number of amides is 2. The number of rotatable bonds is 6. The number of carbonyl (C=O) groups is 2. The van der Waals surface area contributed by atoms with Gasteiger partial charge in [0.25, 0.3) is 5.91 Å². The average Bonchev–Trinajstić information content (AvgIpc) is 3.37. The number of carbonyl (C=O) groups excluding carboxylic acids is 2. The van der Waals surface area contributed by atoms with Gasteiger partial charge in [-0.05, 0) is 64.4 Å². The van der Waals surface area contributed by atoms with Crippen LogP contribution in [0.2, 0.25) is 5.02 Å². The monoisotopic (exact) mass is 479 g/mol. The van der Waals surface area contributed by atoms with Crippen LogP contribution in [0, 0.1) is 20.8 Å². The molecule has 0 fully saturated rings. The van der Waals surface area contributed by atoms with Gasteiger partial charge in [-0.25, -0.2) is 9.67 Å². The lowest BCUT2D eigenvalue weighted by Gasteiger charge is -2.12. The number of pyridine rings is 1. The molecule has 0 aliphatic heterocycles. The van der Waals surface area contributed by atoms with Crippen LogP contribution in [-0.4, -0.2) is 33.1 Å². The second-order valence-electron chi connectivity index (χ2n) is 8.45. The molecule has 34 heavy (non-hydrogen) atoms. The van der Waals surface area contributed by atoms with Gasteiger partial charge in [0.05, 0.1) is 29.4 Å². The molecule has 2 N–H and O–H groups in total. The predicted octanol–water partition coefficient (Wildman–Crippen LogP) is 5.22. The lowest BCUT2D eigenvalue weighted by Crippen LogP contribution is -2.33. The molecule has 2 amide bonds. The van der Waals surface area contributed by atoms with Crippen LogP contribution in [0.25, 0.3) is 22.3 Å². The molecule has 0 spiro atoms. The summed E-state index contributed by atoms with van der Waals surface area (Å²) >= 11 is 6.12. The summed E-state index contributed by atoms with van der Waals surface area (Å²) < 4.78 is 7.44. The Balaban J connectivity index is 1.63. The molecular formula is C25H26ClN5O3. The van der Waals surface area contributed by atoms with E-state index in [4.69, 9.17) is 21.0 Å². The van der Waals surface area contributed by atoms with Gasteiger partial charge in [-0.3, -0.25) is 9.59 Å². The molecule has 0 bridgehead atoms. The van der Waals surface area contributed by atoms with Crippen LogP contribution in [0.15, 0.2) is 40.9 Å². The van der Waals surface area contributed by atoms with Crippen molar-refractivity contribution in [1.82, 2.24) is 20.1 Å². The lowest BCUT2D eigenvalue weighted by atomic mass is 10.1. The molecule has 0 saturated heterocycles. The molecular weight excluding hydrogens is 454 g/mol. The van der Waals surface area contributed by atoms with Crippen LogP contribution in [0.5, 0.6) is 0 Å². The van der Waals surface area contributed by atoms with E-state index >= 15 is 0 Å². The van der Waals surface area contributed by atoms with Crippen molar-refractivity contribution < 1.29 is 14.0 Å². The van der Waals surface area contributed by atoms with Crippen molar-refractivity contribution in [3.63, 3.8) is 0 Å². The fourth-order valence-electron chi connectivity index (χ4n) is 3.80. The molecule has 0 unspecified atom stereocenters. The number of hydrogen-bond donors (Lipinski definition) is 2. The molecule has 1 aromatic carbocycles. The molecule has 4 rings (SSSR count). The fourth-order valence-corrected chi connectivity index (χ4v) is 3.97. The number of nitrogens with zero attached hydrogens (tertiary/aromatic N) is 3. The largest absolute Gasteiger partial charge is 0.466 e. The number of fused-ring (bicyclic) bond motifs is 1. The number of halogens is 1. The van der Waals surface area contributed by atoms with Gasteiger partial charge < -0.3 is 15.1 Å². The summed E-state index contributed by atoms with van der Waals surface area (Å²) in [5.41, 5.74) is 3.75. The summed E-state index contributed by atoms with van der Waals surface area (Å²) in [6, 6.07) is 8.92. The quantitative estimate of drug-likeness (QED) is 0.394. The molecule has 0 aliphatic rings. The van der Waals surface area contributed by atoms with Crippen LogP contribution in [0.4, 0.5) is 5.69 Å². The van der Waals surface area contributed by atoms with Crippen molar-refractivity contribution in [2.24, 2.45) is 0 Å². The maximum Gasteiger partial charge on any atom is 0.252 e. The van der Waals surface area contributed by atoms with Gasteiger partial charge in [-0.2, -0.15) is 5.10 Å². The van der Waals surface area contributed by atoms with E-state index in [1.165, 1.54) is 0 Å². The minimum atomic E-state index is -0.396. The van der Waals surface area contributed by atoms with Gasteiger partial charge in [0.1, 0.15) is 11.5 Å². The Kier molecular flexibility index (Phi) is 6.43. The van der Waals surface area contributed by atoms with Crippen LogP contribution in [0.1, 0.15) is 47.3 Å². The second-order valence-corrected chi connectivity index (χ2v) is 8.85. The Bertz CT molecular complexity index is 1400. The van der Waals surface area contributed by atoms with E-state index in [1.807, 2.05) is 40.7 Å². The topological polar surface area (TPSA) is 102 Å². The first-order valence-corrected chi connectivity index (χ1v) is 11.3. The highest BCUT2D eigenvalue weighted by molar-refractivity contribution is 6.31. The Hall–Kier alpha value is -3.65. The van der Waals surface area contributed by atoms with E-state index in [0.29, 0.717) is 38.8 Å². The number of aromatic nitrogens is 3. The smallest absolute Gasteiger partial charge is 0.252 e. The van der Waals surface area contributed by atoms with Crippen LogP contribution < -0.4 is 10.6 Å². The van der Waals surface area contributed by atoms with Gasteiger partial charge in [0.15, 0.2) is 5.65 Å². The highest BCUT2D eigenvalue weighted by Crippen LogP contribution is 2.30. The molecule has 0 saturated carbocycles. The first-order chi connectivity index (χ1) is 16.2. The highest BCUT2D eigenvalue weighted by Gasteiger charge is 2.21. The molecule has 0 aliphatic carbocycles. The number of aryl methyl sites for hydroxylation is 2. The van der Waals surface area contributed by atoms with E-state index in [9.17, 15) is 9.59 Å². The van der Waals surface area contributed by atoms with Crippen molar-refractivity contribution in [2.45, 2.75) is 40.7 Å². The summed E-state index contributed by atoms with van der Waals surface area (Å²) in [5.74, 6) is 0.713. The van der Waals surface area contributed by atoms with Gasteiger partial charge in [-0.1, -0.05) is 17.7 Å². The molecule has 8 nitrogen and oxygen atoms in total. The van der Waals surface area contributed by atoms with E-state index in [1.54, 1.807) is 35.1 Å². The average molecular weight is 480 g/mol. The Morgan fingerprint density at radius 1 is 1.18 bits per heavy atom. The first-order valence-electron chi connectivity index (χ1n) is 10.9. The first kappa shape index (κ1) is 23.5. The third-order valence-corrected chi connectivity index (χ3v) is 5.98. The highest BCUT2D eigenvalue weighted by atomic mass is 35.5. The standard InChI is InChI=1S/C25H26ClN5O3/c1-13(2)31-24-19(11-28-31)18(10-22(30-24)17-9-14(3)34-16(17)5)25(33)27-12-23(32)29-21-8-6-7-20(26)15(21)4/h6-11,13H,12H2,1-5H3,(H,27,33)(H,29,32). The summed E-state index contributed by atoms with van der Waals surface area (Å²) in [6.07, 6.45) is 1.63. The Morgan fingerprint density at radius 3 is 2.62 bits per heavy atom. The zero-order chi connectivity index (χ0) is 24.6. The zero-order valence-electron chi connectivity index (χ0n) is 19.7. The minimum absolute atomic E-state index is 0.0510. The van der Waals surface area contributed by atoms with E-state index < -0.39 is 5.91 Å². The third kappa shape index (κ3) is 4.54. The van der Waals surface area contributed by atoms with Crippen LogP contribution >= 0.6 is 11.6 Å². The molecule has 176 valence electrons. The van der Waals surface area contributed by atoms with Gasteiger partial charge in [0.2, 0.25) is 5.91 Å². The predicted molar refractivity (Wildman–Crippen MR) is 132 cm³/mol. The summed E-state index contributed by atoms with van der Waals surface area (Å²) in [4.78, 5) is 30.5. The fraction of sp³-hybridized carbons (Fsp3) is 0.280. The summed E-state index contributed by atoms with van der Waals surface area (Å²) in [7, 11) is 0. The van der Waals surface area contributed by atoms with E-state index in [-0.39, 0.29) is 18.5 Å². The maximum absolute atomic E-state index is 13.2. The zero-order valence-corrected chi connectivity index (χ0v) is 20.4. The number of nitrogens with one attached hydrogen (secondary N) is 2. The number of anilines is 1. The van der Waals surface area contributed by atoms with Gasteiger partial charge in [0, 0.05) is 22.3 Å². The summed E-state index contributed by atoms with van der Waals surface area (Å²) in [5, 5.41) is 11.1. The number of furan rings is 1. The molecule has 4 aromatic rings. The van der Waals surface area contributed by atoms with Crippen molar-refractivity contribution in [1.29, 1.82) is 0 Å². The molecule has 9 heteroatoms. The SMILES string of the molecule is Cc1cc(-c2cc(C(=O)NCC(=O)Nc3cccc(Cl)c3C)c3cnn(C(C)C)c3n2)c(C)o1. The molecule has 3 heterocycles. The van der Waals surface area contributed by atoms with E-state index in [0.717, 1.165) is 16.9 Å². The minimum Gasteiger partial charge on any atom is -0.466 e. The van der Waals surface area contributed by atoms with Crippen molar-refractivity contribution in [2.75, 3.05) is 11.9 Å². The van der Waals surface area contributed by atoms with E-state index in [2.05, 4.69) is 15.7 Å². The normalized spacial score (nSPS) is 11.3. The Labute approximate surface area is 202 Å². The van der Waals surface area contributed by atoms with Crippen molar-refractivity contribution >= 4 is 40.1 Å². The third-order valence-electron chi connectivity index (χ3n) is 5.57. The second kappa shape index (κ2) is 9.30. The van der Waals surface area contributed by atoms with Gasteiger partial charge in [-0.15, -0.1) is 0 Å². The number of hydrogen-bond acceptors (Lipinski definition) is 5.